The molecule has 1 aromatic rings. The van der Waals surface area contributed by atoms with Gasteiger partial charge in [-0.3, -0.25) is 4.79 Å². The lowest BCUT2D eigenvalue weighted by atomic mass is 9.98. The second-order valence-corrected chi connectivity index (χ2v) is 6.44. The highest BCUT2D eigenvalue weighted by molar-refractivity contribution is 5.80. The van der Waals surface area contributed by atoms with E-state index in [0.717, 1.165) is 57.0 Å². The van der Waals surface area contributed by atoms with Gasteiger partial charge in [-0.2, -0.15) is 0 Å². The molecule has 0 bridgehead atoms. The van der Waals surface area contributed by atoms with Crippen LogP contribution in [0.25, 0.3) is 0 Å². The van der Waals surface area contributed by atoms with Gasteiger partial charge in [-0.15, -0.1) is 0 Å². The fourth-order valence-corrected chi connectivity index (χ4v) is 3.13. The predicted molar refractivity (Wildman–Crippen MR) is 98.1 cm³/mol. The molecule has 0 atom stereocenters. The van der Waals surface area contributed by atoms with Crippen molar-refractivity contribution in [2.75, 3.05) is 19.6 Å². The second-order valence-electron chi connectivity index (χ2n) is 6.44. The second kappa shape index (κ2) is 10.1. The lowest BCUT2D eigenvalue weighted by Crippen LogP contribution is -2.50. The number of likely N-dealkylation sites (tertiary alicyclic amines) is 1. The van der Waals surface area contributed by atoms with Gasteiger partial charge in [-0.05, 0) is 32.6 Å². The summed E-state index contributed by atoms with van der Waals surface area (Å²) in [6.45, 7) is 9.15. The van der Waals surface area contributed by atoms with Crippen LogP contribution in [0.2, 0.25) is 0 Å². The Morgan fingerprint density at radius 1 is 1.36 bits per heavy atom. The van der Waals surface area contributed by atoms with E-state index in [4.69, 9.17) is 4.52 Å². The van der Waals surface area contributed by atoms with Crippen molar-refractivity contribution in [3.05, 3.63) is 18.0 Å². The van der Waals surface area contributed by atoms with Crippen LogP contribution in [0.15, 0.2) is 21.8 Å². The molecule has 1 aliphatic rings. The largest absolute Gasteiger partial charge is 0.364 e. The average Bonchev–Trinajstić information content (AvgIpc) is 3.15. The van der Waals surface area contributed by atoms with Gasteiger partial charge in [0, 0.05) is 37.7 Å². The van der Waals surface area contributed by atoms with Gasteiger partial charge in [0.25, 0.3) is 0 Å². The molecule has 1 aromatic heterocycles. The number of hydrogen-bond acceptors (Lipinski definition) is 4. The molecule has 0 aromatic carbocycles. The maximum atomic E-state index is 12.5. The number of hydrogen-bond donors (Lipinski definition) is 2. The number of rotatable bonds is 7. The van der Waals surface area contributed by atoms with Crippen LogP contribution in [0.4, 0.5) is 0 Å². The van der Waals surface area contributed by atoms with Crippen LogP contribution in [-0.4, -0.2) is 47.6 Å². The molecule has 25 heavy (non-hydrogen) atoms. The smallest absolute Gasteiger partial charge is 0.225 e. The maximum Gasteiger partial charge on any atom is 0.225 e. The Balaban J connectivity index is 1.84. The Hall–Kier alpha value is -2.05. The van der Waals surface area contributed by atoms with Crippen molar-refractivity contribution in [1.29, 1.82) is 0 Å². The van der Waals surface area contributed by atoms with E-state index in [9.17, 15) is 4.79 Å². The lowest BCUT2D eigenvalue weighted by molar-refractivity contribution is -0.136. The Kier molecular flexibility index (Phi) is 7.76. The number of aromatic nitrogens is 1. The molecule has 2 heterocycles. The minimum Gasteiger partial charge on any atom is -0.364 e. The summed E-state index contributed by atoms with van der Waals surface area (Å²) < 4.78 is 4.83. The van der Waals surface area contributed by atoms with Crippen molar-refractivity contribution in [2.45, 2.75) is 59.0 Å². The van der Waals surface area contributed by atoms with Gasteiger partial charge in [0.15, 0.2) is 5.96 Å². The van der Waals surface area contributed by atoms with Crippen molar-refractivity contribution in [3.8, 4) is 0 Å². The summed E-state index contributed by atoms with van der Waals surface area (Å²) in [6.07, 6.45) is 5.29. The molecule has 7 nitrogen and oxygen atoms in total. The van der Waals surface area contributed by atoms with Crippen molar-refractivity contribution in [1.82, 2.24) is 20.7 Å². The maximum absolute atomic E-state index is 12.5. The number of carbonyl (C=O) groups is 1. The van der Waals surface area contributed by atoms with Crippen molar-refractivity contribution < 1.29 is 9.32 Å². The first-order chi connectivity index (χ1) is 12.2. The lowest BCUT2D eigenvalue weighted by Gasteiger charge is -2.34. The Labute approximate surface area is 150 Å². The minimum absolute atomic E-state index is 0.172. The van der Waals surface area contributed by atoms with Crippen LogP contribution in [0, 0.1) is 5.92 Å². The average molecular weight is 349 g/mol. The predicted octanol–water partition coefficient (Wildman–Crippen LogP) is 2.16. The minimum atomic E-state index is 0.172. The SMILES string of the molecule is CCNC(=NCc1ccon1)NC1CCN(C(=O)C(CC)CC)CC1. The third-order valence-corrected chi connectivity index (χ3v) is 4.72. The van der Waals surface area contributed by atoms with Gasteiger partial charge >= 0.3 is 0 Å². The highest BCUT2D eigenvalue weighted by Crippen LogP contribution is 2.17. The fourth-order valence-electron chi connectivity index (χ4n) is 3.13. The molecule has 0 radical (unpaired) electrons. The Morgan fingerprint density at radius 2 is 2.08 bits per heavy atom. The molecule has 140 valence electrons. The van der Waals surface area contributed by atoms with Gasteiger partial charge in [0.1, 0.15) is 12.0 Å². The van der Waals surface area contributed by atoms with Crippen LogP contribution < -0.4 is 10.6 Å². The summed E-state index contributed by atoms with van der Waals surface area (Å²) >= 11 is 0. The molecule has 1 saturated heterocycles. The molecular formula is C18H31N5O2. The third-order valence-electron chi connectivity index (χ3n) is 4.72. The number of aliphatic imine (C=N–C) groups is 1. The van der Waals surface area contributed by atoms with E-state index in [2.05, 4.69) is 34.6 Å². The zero-order chi connectivity index (χ0) is 18.1. The summed E-state index contributed by atoms with van der Waals surface area (Å²) in [6, 6.07) is 2.15. The highest BCUT2D eigenvalue weighted by Gasteiger charge is 2.26. The summed E-state index contributed by atoms with van der Waals surface area (Å²) in [5, 5.41) is 10.6. The van der Waals surface area contributed by atoms with E-state index in [1.165, 1.54) is 0 Å². The van der Waals surface area contributed by atoms with Gasteiger partial charge < -0.3 is 20.1 Å². The summed E-state index contributed by atoms with van der Waals surface area (Å²) in [4.78, 5) is 19.1. The van der Waals surface area contributed by atoms with Crippen LogP contribution in [0.3, 0.4) is 0 Å². The zero-order valence-electron chi connectivity index (χ0n) is 15.6. The first-order valence-electron chi connectivity index (χ1n) is 9.40. The molecule has 7 heteroatoms. The van der Waals surface area contributed by atoms with E-state index in [1.807, 2.05) is 17.9 Å². The summed E-state index contributed by atoms with van der Waals surface area (Å²) in [7, 11) is 0. The Bertz CT molecular complexity index is 532. The number of amides is 1. The first kappa shape index (κ1) is 19.3. The molecule has 0 unspecified atom stereocenters. The topological polar surface area (TPSA) is 82.8 Å². The molecule has 0 saturated carbocycles. The van der Waals surface area contributed by atoms with E-state index in [0.29, 0.717) is 18.5 Å². The van der Waals surface area contributed by atoms with Gasteiger partial charge in [-0.1, -0.05) is 19.0 Å². The Morgan fingerprint density at radius 3 is 2.64 bits per heavy atom. The van der Waals surface area contributed by atoms with Crippen molar-refractivity contribution >= 4 is 11.9 Å². The molecular weight excluding hydrogens is 318 g/mol. The number of piperidine rings is 1. The molecule has 2 rings (SSSR count). The third kappa shape index (κ3) is 5.76. The normalized spacial score (nSPS) is 16.3. The zero-order valence-corrected chi connectivity index (χ0v) is 15.6. The monoisotopic (exact) mass is 349 g/mol. The van der Waals surface area contributed by atoms with Gasteiger partial charge in [0.2, 0.25) is 5.91 Å². The fraction of sp³-hybridized carbons (Fsp3) is 0.722. The number of nitrogens with one attached hydrogen (secondary N) is 2. The van der Waals surface area contributed by atoms with Crippen molar-refractivity contribution in [3.63, 3.8) is 0 Å². The number of carbonyl (C=O) groups excluding carboxylic acids is 1. The molecule has 0 spiro atoms. The van der Waals surface area contributed by atoms with Crippen LogP contribution in [-0.2, 0) is 11.3 Å². The molecule has 1 aliphatic heterocycles. The molecule has 1 amide bonds. The van der Waals surface area contributed by atoms with E-state index in [1.54, 1.807) is 6.26 Å². The summed E-state index contributed by atoms with van der Waals surface area (Å²) in [5.74, 6) is 1.27. The van der Waals surface area contributed by atoms with E-state index in [-0.39, 0.29) is 5.92 Å². The van der Waals surface area contributed by atoms with Gasteiger partial charge in [-0.25, -0.2) is 4.99 Å². The molecule has 0 aliphatic carbocycles. The van der Waals surface area contributed by atoms with Crippen LogP contribution in [0.1, 0.15) is 52.1 Å². The van der Waals surface area contributed by atoms with E-state index >= 15 is 0 Å². The standard InChI is InChI=1S/C18H31N5O2/c1-4-14(5-2)17(24)23-10-7-15(8-11-23)21-18(19-6-3)20-13-16-9-12-25-22-16/h9,12,14-15H,4-8,10-11,13H2,1-3H3,(H2,19,20,21). The summed E-state index contributed by atoms with van der Waals surface area (Å²) in [5.41, 5.74) is 0.808. The quantitative estimate of drug-likeness (QED) is 0.582. The van der Waals surface area contributed by atoms with E-state index < -0.39 is 0 Å². The van der Waals surface area contributed by atoms with Crippen LogP contribution >= 0.6 is 0 Å². The number of nitrogens with zero attached hydrogens (tertiary/aromatic N) is 3. The number of guanidine groups is 1. The first-order valence-corrected chi connectivity index (χ1v) is 9.40. The molecule has 1 fully saturated rings. The van der Waals surface area contributed by atoms with Crippen molar-refractivity contribution in [2.24, 2.45) is 10.9 Å². The molecule has 2 N–H and O–H groups in total. The van der Waals surface area contributed by atoms with Crippen LogP contribution in [0.5, 0.6) is 0 Å². The highest BCUT2D eigenvalue weighted by atomic mass is 16.5. The van der Waals surface area contributed by atoms with Gasteiger partial charge in [0.05, 0.1) is 6.54 Å².